The molecule has 0 spiro atoms. The van der Waals surface area contributed by atoms with Gasteiger partial charge in [-0.15, -0.1) is 0 Å². The van der Waals surface area contributed by atoms with Gasteiger partial charge in [-0.3, -0.25) is 0 Å². The molecule has 1 saturated heterocycles. The molecule has 1 rings (SSSR count). The number of carboxylic acid groups (broad SMARTS) is 1. The molecule has 5 nitrogen and oxygen atoms in total. The second kappa shape index (κ2) is 6.78. The number of carbonyl (C=O) groups excluding carboxylic acids is 1. The summed E-state index contributed by atoms with van der Waals surface area (Å²) in [6, 6.07) is -0.869. The van der Waals surface area contributed by atoms with Gasteiger partial charge in [0.2, 0.25) is 0 Å². The molecule has 110 valence electrons. The van der Waals surface area contributed by atoms with Crippen molar-refractivity contribution < 1.29 is 14.7 Å². The van der Waals surface area contributed by atoms with Crippen LogP contribution in [0.2, 0.25) is 0 Å². The molecule has 4 atom stereocenters. The highest BCUT2D eigenvalue weighted by molar-refractivity contribution is 5.83. The summed E-state index contributed by atoms with van der Waals surface area (Å²) in [6.45, 7) is 8.69. The van der Waals surface area contributed by atoms with E-state index in [1.165, 1.54) is 0 Å². The number of carbonyl (C=O) groups is 2. The van der Waals surface area contributed by atoms with Crippen molar-refractivity contribution in [2.45, 2.75) is 59.0 Å². The molecule has 19 heavy (non-hydrogen) atoms. The predicted molar refractivity (Wildman–Crippen MR) is 74.0 cm³/mol. The summed E-state index contributed by atoms with van der Waals surface area (Å²) >= 11 is 0. The van der Waals surface area contributed by atoms with E-state index in [9.17, 15) is 14.7 Å². The van der Waals surface area contributed by atoms with E-state index in [1.807, 2.05) is 20.8 Å². The molecule has 0 aromatic heterocycles. The molecular weight excluding hydrogens is 244 g/mol. The zero-order valence-electron chi connectivity index (χ0n) is 12.3. The lowest BCUT2D eigenvalue weighted by atomic mass is 9.93. The van der Waals surface area contributed by atoms with Gasteiger partial charge in [0.05, 0.1) is 0 Å². The third-order valence-corrected chi connectivity index (χ3v) is 4.16. The van der Waals surface area contributed by atoms with Gasteiger partial charge in [-0.2, -0.15) is 0 Å². The van der Waals surface area contributed by atoms with Gasteiger partial charge >= 0.3 is 12.0 Å². The lowest BCUT2D eigenvalue weighted by Gasteiger charge is -2.37. The number of nitrogens with one attached hydrogen (secondary N) is 1. The second-order valence-corrected chi connectivity index (χ2v) is 5.82. The van der Waals surface area contributed by atoms with Crippen molar-refractivity contribution in [1.29, 1.82) is 0 Å². The summed E-state index contributed by atoms with van der Waals surface area (Å²) in [5, 5.41) is 11.9. The number of rotatable bonds is 4. The van der Waals surface area contributed by atoms with Gasteiger partial charge < -0.3 is 15.3 Å². The first-order valence-electron chi connectivity index (χ1n) is 7.16. The van der Waals surface area contributed by atoms with E-state index in [0.29, 0.717) is 12.5 Å². The van der Waals surface area contributed by atoms with Crippen LogP contribution >= 0.6 is 0 Å². The van der Waals surface area contributed by atoms with E-state index in [-0.39, 0.29) is 18.0 Å². The van der Waals surface area contributed by atoms with E-state index < -0.39 is 12.0 Å². The van der Waals surface area contributed by atoms with Gasteiger partial charge in [0.25, 0.3) is 0 Å². The third kappa shape index (κ3) is 4.11. The standard InChI is InChI=1S/C14H26N2O3/c1-5-10(3)12(13(17)18)15-14(19)16-7-6-9(2)8-11(16)4/h9-12H,5-8H2,1-4H3,(H,15,19)(H,17,18). The Hall–Kier alpha value is -1.26. The Bertz CT molecular complexity index is 333. The van der Waals surface area contributed by atoms with Gasteiger partial charge in [0, 0.05) is 12.6 Å². The molecule has 1 aliphatic heterocycles. The number of hydrogen-bond acceptors (Lipinski definition) is 2. The SMILES string of the molecule is CCC(C)C(NC(=O)N1CCC(C)CC1C)C(=O)O. The molecule has 0 saturated carbocycles. The number of urea groups is 1. The zero-order valence-corrected chi connectivity index (χ0v) is 12.3. The van der Waals surface area contributed by atoms with Crippen molar-refractivity contribution in [3.8, 4) is 0 Å². The van der Waals surface area contributed by atoms with Crippen LogP contribution < -0.4 is 5.32 Å². The maximum Gasteiger partial charge on any atom is 0.326 e. The topological polar surface area (TPSA) is 69.6 Å². The van der Waals surface area contributed by atoms with E-state index >= 15 is 0 Å². The van der Waals surface area contributed by atoms with E-state index in [0.717, 1.165) is 19.3 Å². The molecular formula is C14H26N2O3. The highest BCUT2D eigenvalue weighted by Crippen LogP contribution is 2.22. The summed E-state index contributed by atoms with van der Waals surface area (Å²) in [7, 11) is 0. The van der Waals surface area contributed by atoms with Gasteiger partial charge in [0.15, 0.2) is 0 Å². The zero-order chi connectivity index (χ0) is 14.6. The van der Waals surface area contributed by atoms with Crippen LogP contribution in [0.4, 0.5) is 4.79 Å². The Morgan fingerprint density at radius 1 is 1.42 bits per heavy atom. The molecule has 1 fully saturated rings. The molecule has 0 aliphatic carbocycles. The Morgan fingerprint density at radius 2 is 2.05 bits per heavy atom. The first-order valence-corrected chi connectivity index (χ1v) is 7.16. The Morgan fingerprint density at radius 3 is 2.53 bits per heavy atom. The minimum atomic E-state index is -0.958. The van der Waals surface area contributed by atoms with Crippen molar-refractivity contribution in [3.05, 3.63) is 0 Å². The molecule has 5 heteroatoms. The maximum atomic E-state index is 12.2. The molecule has 2 N–H and O–H groups in total. The molecule has 0 bridgehead atoms. The minimum absolute atomic E-state index is 0.0690. The second-order valence-electron chi connectivity index (χ2n) is 5.82. The van der Waals surface area contributed by atoms with Crippen LogP contribution in [0.25, 0.3) is 0 Å². The van der Waals surface area contributed by atoms with Crippen LogP contribution in [-0.2, 0) is 4.79 Å². The fourth-order valence-electron chi connectivity index (χ4n) is 2.61. The van der Waals surface area contributed by atoms with Crippen LogP contribution in [0.15, 0.2) is 0 Å². The summed E-state index contributed by atoms with van der Waals surface area (Å²) in [6.07, 6.45) is 2.69. The Balaban J connectivity index is 2.64. The third-order valence-electron chi connectivity index (χ3n) is 4.16. The summed E-state index contributed by atoms with van der Waals surface area (Å²) < 4.78 is 0. The van der Waals surface area contributed by atoms with Crippen molar-refractivity contribution in [2.75, 3.05) is 6.54 Å². The molecule has 0 aromatic carbocycles. The fraction of sp³-hybridized carbons (Fsp3) is 0.857. The summed E-state index contributed by atoms with van der Waals surface area (Å²) in [4.78, 5) is 25.2. The number of amides is 2. The predicted octanol–water partition coefficient (Wildman–Crippen LogP) is 2.32. The van der Waals surface area contributed by atoms with Crippen LogP contribution in [0.3, 0.4) is 0 Å². The first-order chi connectivity index (χ1) is 8.86. The highest BCUT2D eigenvalue weighted by Gasteiger charge is 2.31. The van der Waals surface area contributed by atoms with Gasteiger partial charge in [-0.25, -0.2) is 9.59 Å². The lowest BCUT2D eigenvalue weighted by Crippen LogP contribution is -2.54. The lowest BCUT2D eigenvalue weighted by molar-refractivity contribution is -0.140. The maximum absolute atomic E-state index is 12.2. The number of nitrogens with zero attached hydrogens (tertiary/aromatic N) is 1. The molecule has 1 heterocycles. The van der Waals surface area contributed by atoms with Crippen molar-refractivity contribution in [3.63, 3.8) is 0 Å². The van der Waals surface area contributed by atoms with Crippen molar-refractivity contribution >= 4 is 12.0 Å². The average molecular weight is 270 g/mol. The number of piperidine rings is 1. The first kappa shape index (κ1) is 15.8. The van der Waals surface area contributed by atoms with E-state index in [2.05, 4.69) is 12.2 Å². The van der Waals surface area contributed by atoms with Gasteiger partial charge in [0.1, 0.15) is 6.04 Å². The van der Waals surface area contributed by atoms with E-state index in [4.69, 9.17) is 0 Å². The number of aliphatic carboxylic acids is 1. The van der Waals surface area contributed by atoms with Crippen molar-refractivity contribution in [1.82, 2.24) is 10.2 Å². The van der Waals surface area contributed by atoms with Gasteiger partial charge in [-0.05, 0) is 31.6 Å². The summed E-state index contributed by atoms with van der Waals surface area (Å²) in [5.41, 5.74) is 0. The minimum Gasteiger partial charge on any atom is -0.480 e. The molecule has 1 aliphatic rings. The molecule has 0 aromatic rings. The van der Waals surface area contributed by atoms with Gasteiger partial charge in [-0.1, -0.05) is 27.2 Å². The quantitative estimate of drug-likeness (QED) is 0.823. The van der Waals surface area contributed by atoms with Crippen LogP contribution in [0.1, 0.15) is 47.0 Å². The number of likely N-dealkylation sites (tertiary alicyclic amines) is 1. The average Bonchev–Trinajstić information content (AvgIpc) is 2.34. The van der Waals surface area contributed by atoms with E-state index in [1.54, 1.807) is 4.90 Å². The molecule has 0 radical (unpaired) electrons. The van der Waals surface area contributed by atoms with Crippen LogP contribution in [0, 0.1) is 11.8 Å². The number of hydrogen-bond donors (Lipinski definition) is 2. The monoisotopic (exact) mass is 270 g/mol. The molecule has 2 amide bonds. The molecule has 4 unspecified atom stereocenters. The van der Waals surface area contributed by atoms with Crippen molar-refractivity contribution in [2.24, 2.45) is 11.8 Å². The number of carboxylic acids is 1. The normalized spacial score (nSPS) is 26.6. The fourth-order valence-corrected chi connectivity index (χ4v) is 2.61. The highest BCUT2D eigenvalue weighted by atomic mass is 16.4. The Kier molecular flexibility index (Phi) is 5.63. The largest absolute Gasteiger partial charge is 0.480 e. The smallest absolute Gasteiger partial charge is 0.326 e. The summed E-state index contributed by atoms with van der Waals surface area (Å²) in [5.74, 6) is -0.398. The van der Waals surface area contributed by atoms with Crippen LogP contribution in [-0.4, -0.2) is 40.6 Å². The Labute approximate surface area is 115 Å². The van der Waals surface area contributed by atoms with Crippen LogP contribution in [0.5, 0.6) is 0 Å².